The molecule has 0 saturated heterocycles. The maximum Gasteiger partial charge on any atom is 0.310 e. The van der Waals surface area contributed by atoms with E-state index in [-0.39, 0.29) is 29.3 Å². The van der Waals surface area contributed by atoms with Crippen molar-refractivity contribution in [3.8, 4) is 0 Å². The normalized spacial score (nSPS) is 33.1. The molecule has 3 heteroatoms. The molecule has 0 amide bonds. The molecule has 2 rings (SSSR count). The molecule has 2 aliphatic carbocycles. The van der Waals surface area contributed by atoms with Gasteiger partial charge in [0.2, 0.25) is 0 Å². The second kappa shape index (κ2) is 4.19. The van der Waals surface area contributed by atoms with Crippen LogP contribution in [-0.4, -0.2) is 18.4 Å². The van der Waals surface area contributed by atoms with Gasteiger partial charge in [0, 0.05) is 5.92 Å². The second-order valence-electron chi connectivity index (χ2n) is 5.66. The SMILES string of the molecule is CC1(C)[C@@H](C=O)[C@@H]1C(=O)OC1CCCCC1. The largest absolute Gasteiger partial charge is 0.462 e. The maximum atomic E-state index is 11.9. The monoisotopic (exact) mass is 224 g/mol. The fourth-order valence-electron chi connectivity index (χ4n) is 2.80. The summed E-state index contributed by atoms with van der Waals surface area (Å²) in [5, 5.41) is 0. The summed E-state index contributed by atoms with van der Waals surface area (Å²) < 4.78 is 5.49. The van der Waals surface area contributed by atoms with Crippen LogP contribution in [0.5, 0.6) is 0 Å². The maximum absolute atomic E-state index is 11.9. The number of hydrogen-bond donors (Lipinski definition) is 0. The van der Waals surface area contributed by atoms with E-state index in [4.69, 9.17) is 4.74 Å². The van der Waals surface area contributed by atoms with Gasteiger partial charge >= 0.3 is 5.97 Å². The van der Waals surface area contributed by atoms with Crippen LogP contribution in [-0.2, 0) is 14.3 Å². The summed E-state index contributed by atoms with van der Waals surface area (Å²) in [5.74, 6) is -0.496. The third-order valence-corrected chi connectivity index (χ3v) is 4.15. The summed E-state index contributed by atoms with van der Waals surface area (Å²) in [7, 11) is 0. The molecular formula is C13H20O3. The molecule has 16 heavy (non-hydrogen) atoms. The third-order valence-electron chi connectivity index (χ3n) is 4.15. The Kier molecular flexibility index (Phi) is 3.04. The molecule has 0 aromatic carbocycles. The Bertz CT molecular complexity index is 290. The molecule has 2 aliphatic rings. The molecule has 0 aromatic rings. The van der Waals surface area contributed by atoms with Crippen molar-refractivity contribution >= 4 is 12.3 Å². The van der Waals surface area contributed by atoms with Gasteiger partial charge in [-0.1, -0.05) is 20.3 Å². The van der Waals surface area contributed by atoms with Crippen LogP contribution in [0.25, 0.3) is 0 Å². The summed E-state index contributed by atoms with van der Waals surface area (Å²) in [5.41, 5.74) is -0.187. The number of hydrogen-bond acceptors (Lipinski definition) is 3. The third kappa shape index (κ3) is 2.00. The predicted octanol–water partition coefficient (Wildman–Crippen LogP) is 2.33. The number of ether oxygens (including phenoxy) is 1. The van der Waals surface area contributed by atoms with E-state index in [0.29, 0.717) is 0 Å². The molecule has 0 N–H and O–H groups in total. The number of rotatable bonds is 3. The minimum atomic E-state index is -0.202. The van der Waals surface area contributed by atoms with Gasteiger partial charge in [-0.05, 0) is 31.1 Å². The van der Waals surface area contributed by atoms with Crippen LogP contribution in [0.3, 0.4) is 0 Å². The Labute approximate surface area is 96.5 Å². The fourth-order valence-corrected chi connectivity index (χ4v) is 2.80. The molecule has 0 aromatic heterocycles. The van der Waals surface area contributed by atoms with Gasteiger partial charge in [0.25, 0.3) is 0 Å². The van der Waals surface area contributed by atoms with Crippen molar-refractivity contribution < 1.29 is 14.3 Å². The topological polar surface area (TPSA) is 43.4 Å². The highest BCUT2D eigenvalue weighted by molar-refractivity contribution is 5.84. The first-order valence-electron chi connectivity index (χ1n) is 6.23. The lowest BCUT2D eigenvalue weighted by Gasteiger charge is -2.22. The van der Waals surface area contributed by atoms with E-state index in [0.717, 1.165) is 32.0 Å². The van der Waals surface area contributed by atoms with Crippen LogP contribution in [0.4, 0.5) is 0 Å². The van der Waals surface area contributed by atoms with E-state index in [1.807, 2.05) is 13.8 Å². The van der Waals surface area contributed by atoms with Gasteiger partial charge in [-0.25, -0.2) is 0 Å². The van der Waals surface area contributed by atoms with Gasteiger partial charge in [-0.15, -0.1) is 0 Å². The zero-order chi connectivity index (χ0) is 11.8. The molecule has 0 bridgehead atoms. The molecule has 2 saturated carbocycles. The van der Waals surface area contributed by atoms with Crippen LogP contribution >= 0.6 is 0 Å². The van der Waals surface area contributed by atoms with Gasteiger partial charge in [-0.2, -0.15) is 0 Å². The van der Waals surface area contributed by atoms with E-state index >= 15 is 0 Å². The first kappa shape index (κ1) is 11.6. The highest BCUT2D eigenvalue weighted by Crippen LogP contribution is 2.57. The second-order valence-corrected chi connectivity index (χ2v) is 5.66. The average Bonchev–Trinajstić information content (AvgIpc) is 2.82. The Morgan fingerprint density at radius 2 is 1.88 bits per heavy atom. The molecule has 0 spiro atoms. The van der Waals surface area contributed by atoms with Crippen molar-refractivity contribution in [3.05, 3.63) is 0 Å². The van der Waals surface area contributed by atoms with Gasteiger partial charge < -0.3 is 9.53 Å². The lowest BCUT2D eigenvalue weighted by atomic mass is 9.98. The standard InChI is InChI=1S/C13H20O3/c1-13(2)10(8-14)11(13)12(15)16-9-6-4-3-5-7-9/h8-11H,3-7H2,1-2H3/t10-,11+/m0/s1. The van der Waals surface area contributed by atoms with E-state index in [9.17, 15) is 9.59 Å². The van der Waals surface area contributed by atoms with E-state index < -0.39 is 0 Å². The molecule has 3 nitrogen and oxygen atoms in total. The summed E-state index contributed by atoms with van der Waals surface area (Å²) in [4.78, 5) is 22.7. The first-order chi connectivity index (χ1) is 7.57. The summed E-state index contributed by atoms with van der Waals surface area (Å²) >= 11 is 0. The zero-order valence-corrected chi connectivity index (χ0v) is 10.1. The van der Waals surface area contributed by atoms with E-state index in [1.165, 1.54) is 6.42 Å². The van der Waals surface area contributed by atoms with E-state index in [1.54, 1.807) is 0 Å². The van der Waals surface area contributed by atoms with Gasteiger partial charge in [0.05, 0.1) is 5.92 Å². The molecule has 90 valence electrons. The van der Waals surface area contributed by atoms with Crippen LogP contribution in [0, 0.1) is 17.3 Å². The van der Waals surface area contributed by atoms with Crippen LogP contribution < -0.4 is 0 Å². The average molecular weight is 224 g/mol. The molecule has 2 fully saturated rings. The highest BCUT2D eigenvalue weighted by atomic mass is 16.5. The van der Waals surface area contributed by atoms with Crippen molar-refractivity contribution in [1.82, 2.24) is 0 Å². The lowest BCUT2D eigenvalue weighted by Crippen LogP contribution is -2.23. The molecule has 0 radical (unpaired) electrons. The van der Waals surface area contributed by atoms with Crippen molar-refractivity contribution in [2.75, 3.05) is 0 Å². The number of carbonyl (C=O) groups is 2. The Hall–Kier alpha value is -0.860. The summed E-state index contributed by atoms with van der Waals surface area (Å²) in [6, 6.07) is 0. The number of aldehydes is 1. The van der Waals surface area contributed by atoms with E-state index in [2.05, 4.69) is 0 Å². The number of carbonyl (C=O) groups excluding carboxylic acids is 2. The molecule has 0 aliphatic heterocycles. The highest BCUT2D eigenvalue weighted by Gasteiger charge is 2.63. The quantitative estimate of drug-likeness (QED) is 0.546. The van der Waals surface area contributed by atoms with Crippen molar-refractivity contribution in [1.29, 1.82) is 0 Å². The Morgan fingerprint density at radius 3 is 2.38 bits per heavy atom. The van der Waals surface area contributed by atoms with Crippen molar-refractivity contribution in [3.63, 3.8) is 0 Å². The molecule has 0 unspecified atom stereocenters. The van der Waals surface area contributed by atoms with Crippen LogP contribution in [0.1, 0.15) is 46.0 Å². The summed E-state index contributed by atoms with van der Waals surface area (Å²) in [6.45, 7) is 3.91. The molecule has 2 atom stereocenters. The lowest BCUT2D eigenvalue weighted by molar-refractivity contribution is -0.153. The minimum absolute atomic E-state index is 0.102. The number of esters is 1. The van der Waals surface area contributed by atoms with Gasteiger partial charge in [0.1, 0.15) is 12.4 Å². The predicted molar refractivity (Wildman–Crippen MR) is 59.8 cm³/mol. The Balaban J connectivity index is 1.87. The minimum Gasteiger partial charge on any atom is -0.462 e. The molecular weight excluding hydrogens is 204 g/mol. The van der Waals surface area contributed by atoms with Crippen LogP contribution in [0.2, 0.25) is 0 Å². The van der Waals surface area contributed by atoms with Crippen molar-refractivity contribution in [2.45, 2.75) is 52.1 Å². The first-order valence-corrected chi connectivity index (χ1v) is 6.23. The summed E-state index contributed by atoms with van der Waals surface area (Å²) in [6.07, 6.45) is 6.54. The van der Waals surface area contributed by atoms with Gasteiger partial charge in [0.15, 0.2) is 0 Å². The zero-order valence-electron chi connectivity index (χ0n) is 10.1. The Morgan fingerprint density at radius 1 is 1.25 bits per heavy atom. The fraction of sp³-hybridized carbons (Fsp3) is 0.846. The van der Waals surface area contributed by atoms with Gasteiger partial charge in [-0.3, -0.25) is 4.79 Å². The molecule has 0 heterocycles. The smallest absolute Gasteiger partial charge is 0.310 e. The van der Waals surface area contributed by atoms with Crippen molar-refractivity contribution in [2.24, 2.45) is 17.3 Å². The van der Waals surface area contributed by atoms with Crippen LogP contribution in [0.15, 0.2) is 0 Å².